The summed E-state index contributed by atoms with van der Waals surface area (Å²) in [5.41, 5.74) is 2.67. The van der Waals surface area contributed by atoms with Crippen molar-refractivity contribution in [2.24, 2.45) is 0 Å². The highest BCUT2D eigenvalue weighted by molar-refractivity contribution is 5.89. The summed E-state index contributed by atoms with van der Waals surface area (Å²) in [6, 6.07) is 13.8. The molecule has 2 aromatic carbocycles. The Bertz CT molecular complexity index is 762. The van der Waals surface area contributed by atoms with Crippen LogP contribution in [0.3, 0.4) is 0 Å². The summed E-state index contributed by atoms with van der Waals surface area (Å²) < 4.78 is 0. The van der Waals surface area contributed by atoms with E-state index in [-0.39, 0.29) is 11.6 Å². The van der Waals surface area contributed by atoms with E-state index in [9.17, 15) is 14.9 Å². The number of rotatable bonds is 5. The third kappa shape index (κ3) is 5.24. The average molecular weight is 308 g/mol. The summed E-state index contributed by atoms with van der Waals surface area (Å²) in [5.74, 6) is -0.107. The second-order valence-corrected chi connectivity index (χ2v) is 4.87. The first-order valence-electron chi connectivity index (χ1n) is 7.01. The van der Waals surface area contributed by atoms with Crippen molar-refractivity contribution in [1.29, 1.82) is 0 Å². The lowest BCUT2D eigenvalue weighted by Crippen LogP contribution is -2.05. The van der Waals surface area contributed by atoms with E-state index in [1.807, 2.05) is 48.6 Å². The van der Waals surface area contributed by atoms with Gasteiger partial charge in [0.25, 0.3) is 5.69 Å². The summed E-state index contributed by atoms with van der Waals surface area (Å²) >= 11 is 0. The Kier molecular flexibility index (Phi) is 5.41. The molecule has 0 fully saturated rings. The van der Waals surface area contributed by atoms with E-state index >= 15 is 0 Å². The first kappa shape index (κ1) is 16.2. The standard InChI is InChI=1S/C18H16N2O3/c1-14(21)19-17-8-4-7-16(13-17)6-3-2-5-15-9-11-18(12-10-15)20(22)23/h2-13H,1H3,(H,19,21)/b5-2+,6-3+. The first-order valence-corrected chi connectivity index (χ1v) is 7.01. The van der Waals surface area contributed by atoms with E-state index in [1.54, 1.807) is 12.1 Å². The van der Waals surface area contributed by atoms with Crippen molar-refractivity contribution >= 4 is 29.4 Å². The van der Waals surface area contributed by atoms with Crippen LogP contribution < -0.4 is 5.32 Å². The molecule has 116 valence electrons. The van der Waals surface area contributed by atoms with Crippen molar-refractivity contribution in [2.45, 2.75) is 6.92 Å². The van der Waals surface area contributed by atoms with Crippen LogP contribution in [-0.4, -0.2) is 10.8 Å². The van der Waals surface area contributed by atoms with Gasteiger partial charge in [-0.2, -0.15) is 0 Å². The zero-order chi connectivity index (χ0) is 16.7. The smallest absolute Gasteiger partial charge is 0.269 e. The van der Waals surface area contributed by atoms with Crippen LogP contribution in [0.25, 0.3) is 12.2 Å². The predicted molar refractivity (Wildman–Crippen MR) is 91.9 cm³/mol. The van der Waals surface area contributed by atoms with Crippen LogP contribution >= 0.6 is 0 Å². The van der Waals surface area contributed by atoms with Gasteiger partial charge in [0.2, 0.25) is 5.91 Å². The fourth-order valence-corrected chi connectivity index (χ4v) is 1.96. The van der Waals surface area contributed by atoms with E-state index in [0.717, 1.165) is 16.8 Å². The summed E-state index contributed by atoms with van der Waals surface area (Å²) in [4.78, 5) is 21.2. The third-order valence-electron chi connectivity index (χ3n) is 3.00. The minimum atomic E-state index is -0.421. The molecule has 0 saturated carbocycles. The Morgan fingerprint density at radius 2 is 1.70 bits per heavy atom. The molecular formula is C18H16N2O3. The number of allylic oxidation sites excluding steroid dienone is 2. The Labute approximate surface area is 134 Å². The second-order valence-electron chi connectivity index (χ2n) is 4.87. The Hall–Kier alpha value is -3.21. The number of amides is 1. The molecule has 0 saturated heterocycles. The first-order chi connectivity index (χ1) is 11.0. The summed E-state index contributed by atoms with van der Waals surface area (Å²) in [6.07, 6.45) is 7.49. The van der Waals surface area contributed by atoms with Gasteiger partial charge < -0.3 is 5.32 Å². The Morgan fingerprint density at radius 3 is 2.30 bits per heavy atom. The molecule has 23 heavy (non-hydrogen) atoms. The van der Waals surface area contributed by atoms with Gasteiger partial charge in [-0.05, 0) is 35.4 Å². The average Bonchev–Trinajstić information content (AvgIpc) is 2.52. The number of hydrogen-bond donors (Lipinski definition) is 1. The van der Waals surface area contributed by atoms with Crippen LogP contribution in [0.5, 0.6) is 0 Å². The molecule has 0 radical (unpaired) electrons. The number of carbonyl (C=O) groups is 1. The quantitative estimate of drug-likeness (QED) is 0.509. The highest BCUT2D eigenvalue weighted by atomic mass is 16.6. The molecule has 0 atom stereocenters. The number of anilines is 1. The van der Waals surface area contributed by atoms with E-state index in [1.165, 1.54) is 19.1 Å². The van der Waals surface area contributed by atoms with E-state index in [4.69, 9.17) is 0 Å². The molecule has 5 nitrogen and oxygen atoms in total. The number of nitro groups is 1. The van der Waals surface area contributed by atoms with Gasteiger partial charge in [-0.25, -0.2) is 0 Å². The third-order valence-corrected chi connectivity index (χ3v) is 3.00. The molecule has 1 amide bonds. The van der Waals surface area contributed by atoms with Crippen LogP contribution in [0, 0.1) is 10.1 Å². The maximum atomic E-state index is 11.0. The lowest BCUT2D eigenvalue weighted by molar-refractivity contribution is -0.384. The van der Waals surface area contributed by atoms with Gasteiger partial charge in [0.1, 0.15) is 0 Å². The molecule has 0 aromatic heterocycles. The van der Waals surface area contributed by atoms with Crippen LogP contribution in [0.4, 0.5) is 11.4 Å². The lowest BCUT2D eigenvalue weighted by atomic mass is 10.1. The molecule has 5 heteroatoms. The highest BCUT2D eigenvalue weighted by Crippen LogP contribution is 2.14. The van der Waals surface area contributed by atoms with E-state index < -0.39 is 4.92 Å². The summed E-state index contributed by atoms with van der Waals surface area (Å²) in [7, 11) is 0. The number of nitrogens with one attached hydrogen (secondary N) is 1. The number of nitro benzene ring substituents is 1. The SMILES string of the molecule is CC(=O)Nc1cccc(/C=C/C=C/c2ccc([N+](=O)[O-])cc2)c1. The van der Waals surface area contributed by atoms with E-state index in [0.29, 0.717) is 0 Å². The predicted octanol–water partition coefficient (Wildman–Crippen LogP) is 4.28. The minimum absolute atomic E-state index is 0.0764. The molecule has 0 unspecified atom stereocenters. The largest absolute Gasteiger partial charge is 0.326 e. The fraction of sp³-hybridized carbons (Fsp3) is 0.0556. The summed E-state index contributed by atoms with van der Waals surface area (Å²) in [6.45, 7) is 1.47. The van der Waals surface area contributed by atoms with Crippen molar-refractivity contribution in [2.75, 3.05) is 5.32 Å². The number of hydrogen-bond acceptors (Lipinski definition) is 3. The molecule has 0 aliphatic rings. The fourth-order valence-electron chi connectivity index (χ4n) is 1.96. The Balaban J connectivity index is 2.00. The topological polar surface area (TPSA) is 72.2 Å². The zero-order valence-electron chi connectivity index (χ0n) is 12.6. The highest BCUT2D eigenvalue weighted by Gasteiger charge is 2.01. The second kappa shape index (κ2) is 7.70. The molecule has 0 heterocycles. The molecule has 0 bridgehead atoms. The van der Waals surface area contributed by atoms with Crippen molar-refractivity contribution in [1.82, 2.24) is 0 Å². The monoisotopic (exact) mass is 308 g/mol. The van der Waals surface area contributed by atoms with Gasteiger partial charge in [0.15, 0.2) is 0 Å². The van der Waals surface area contributed by atoms with Crippen molar-refractivity contribution in [3.8, 4) is 0 Å². The van der Waals surface area contributed by atoms with Crippen LogP contribution in [-0.2, 0) is 4.79 Å². The van der Waals surface area contributed by atoms with Crippen LogP contribution in [0.15, 0.2) is 60.7 Å². The minimum Gasteiger partial charge on any atom is -0.326 e. The number of nitrogens with zero attached hydrogens (tertiary/aromatic N) is 1. The van der Waals surface area contributed by atoms with Gasteiger partial charge >= 0.3 is 0 Å². The van der Waals surface area contributed by atoms with Crippen molar-refractivity contribution in [3.05, 3.63) is 81.9 Å². The summed E-state index contributed by atoms with van der Waals surface area (Å²) in [5, 5.41) is 13.3. The van der Waals surface area contributed by atoms with Crippen LogP contribution in [0.2, 0.25) is 0 Å². The van der Waals surface area contributed by atoms with Gasteiger partial charge in [-0.3, -0.25) is 14.9 Å². The molecule has 0 aliphatic heterocycles. The van der Waals surface area contributed by atoms with Crippen molar-refractivity contribution < 1.29 is 9.72 Å². The molecular weight excluding hydrogens is 292 g/mol. The molecule has 2 aromatic rings. The van der Waals surface area contributed by atoms with Gasteiger partial charge in [0.05, 0.1) is 4.92 Å². The number of non-ortho nitro benzene ring substituents is 1. The maximum Gasteiger partial charge on any atom is 0.269 e. The number of carbonyl (C=O) groups excluding carboxylic acids is 1. The van der Waals surface area contributed by atoms with Crippen molar-refractivity contribution in [3.63, 3.8) is 0 Å². The zero-order valence-corrected chi connectivity index (χ0v) is 12.6. The van der Waals surface area contributed by atoms with Gasteiger partial charge in [-0.1, -0.05) is 36.4 Å². The van der Waals surface area contributed by atoms with Gasteiger partial charge in [0, 0.05) is 24.7 Å². The molecule has 0 aliphatic carbocycles. The molecule has 1 N–H and O–H groups in total. The van der Waals surface area contributed by atoms with Crippen LogP contribution in [0.1, 0.15) is 18.1 Å². The number of benzene rings is 2. The van der Waals surface area contributed by atoms with E-state index in [2.05, 4.69) is 5.32 Å². The molecule has 2 rings (SSSR count). The Morgan fingerprint density at radius 1 is 1.04 bits per heavy atom. The van der Waals surface area contributed by atoms with Gasteiger partial charge in [-0.15, -0.1) is 0 Å². The lowest BCUT2D eigenvalue weighted by Gasteiger charge is -2.02. The normalized spacial score (nSPS) is 11.0. The molecule has 0 spiro atoms. The maximum absolute atomic E-state index is 11.0.